The van der Waals surface area contributed by atoms with E-state index in [4.69, 9.17) is 0 Å². The number of anilines is 2. The second-order valence-corrected chi connectivity index (χ2v) is 5.17. The Bertz CT molecular complexity index is 937. The van der Waals surface area contributed by atoms with Crippen molar-refractivity contribution in [2.75, 3.05) is 5.32 Å². The first-order chi connectivity index (χ1) is 10.3. The Morgan fingerprint density at radius 3 is 2.48 bits per heavy atom. The van der Waals surface area contributed by atoms with E-state index < -0.39 is 0 Å². The van der Waals surface area contributed by atoms with Crippen molar-refractivity contribution in [3.05, 3.63) is 66.7 Å². The Labute approximate surface area is 122 Å². The topological polar surface area (TPSA) is 29.9 Å². The van der Waals surface area contributed by atoms with Crippen LogP contribution in [0, 0.1) is 0 Å². The lowest BCUT2D eigenvalue weighted by Crippen LogP contribution is -1.98. The molecule has 0 bridgehead atoms. The molecular weight excluding hydrogens is 258 g/mol. The molecule has 0 saturated carbocycles. The van der Waals surface area contributed by atoms with Crippen LogP contribution in [0.4, 0.5) is 11.6 Å². The molecule has 0 atom stereocenters. The summed E-state index contributed by atoms with van der Waals surface area (Å²) in [5.41, 5.74) is 3.18. The first-order valence-electron chi connectivity index (χ1n) is 6.98. The van der Waals surface area contributed by atoms with Gasteiger partial charge in [0.2, 0.25) is 5.95 Å². The maximum absolute atomic E-state index is 4.64. The molecule has 0 amide bonds. The van der Waals surface area contributed by atoms with Gasteiger partial charge in [0.1, 0.15) is 0 Å². The molecule has 1 N–H and O–H groups in total. The van der Waals surface area contributed by atoms with Crippen molar-refractivity contribution in [2.24, 2.45) is 7.05 Å². The van der Waals surface area contributed by atoms with Crippen LogP contribution in [0.2, 0.25) is 0 Å². The average Bonchev–Trinajstić information content (AvgIpc) is 2.84. The molecule has 0 aliphatic heterocycles. The lowest BCUT2D eigenvalue weighted by Gasteiger charge is -2.07. The van der Waals surface area contributed by atoms with Crippen LogP contribution in [-0.4, -0.2) is 9.55 Å². The van der Waals surface area contributed by atoms with Crippen molar-refractivity contribution in [1.29, 1.82) is 0 Å². The molecule has 0 aliphatic carbocycles. The minimum atomic E-state index is 0.853. The third-order valence-electron chi connectivity index (χ3n) is 3.79. The van der Waals surface area contributed by atoms with E-state index in [-0.39, 0.29) is 0 Å². The number of nitrogens with one attached hydrogen (secondary N) is 1. The van der Waals surface area contributed by atoms with Crippen LogP contribution in [0.5, 0.6) is 0 Å². The van der Waals surface area contributed by atoms with Gasteiger partial charge in [-0.2, -0.15) is 0 Å². The number of para-hydroxylation sites is 2. The Kier molecular flexibility index (Phi) is 2.64. The molecule has 3 aromatic carbocycles. The zero-order valence-electron chi connectivity index (χ0n) is 11.7. The van der Waals surface area contributed by atoms with Crippen LogP contribution in [0.25, 0.3) is 21.8 Å². The molecule has 0 spiro atoms. The third kappa shape index (κ3) is 2.03. The molecule has 4 aromatic rings. The van der Waals surface area contributed by atoms with Gasteiger partial charge in [0.05, 0.1) is 11.0 Å². The van der Waals surface area contributed by atoms with Crippen LogP contribution < -0.4 is 5.32 Å². The van der Waals surface area contributed by atoms with Gasteiger partial charge in [-0.05, 0) is 35.0 Å². The first-order valence-corrected chi connectivity index (χ1v) is 6.98. The summed E-state index contributed by atoms with van der Waals surface area (Å²) in [5.74, 6) is 0.853. The summed E-state index contributed by atoms with van der Waals surface area (Å²) in [4.78, 5) is 4.64. The van der Waals surface area contributed by atoms with Gasteiger partial charge in [-0.1, -0.05) is 42.5 Å². The molecule has 21 heavy (non-hydrogen) atoms. The van der Waals surface area contributed by atoms with Gasteiger partial charge in [0.25, 0.3) is 0 Å². The van der Waals surface area contributed by atoms with E-state index in [0.717, 1.165) is 22.7 Å². The number of aromatic nitrogens is 2. The molecule has 0 radical (unpaired) electrons. The second kappa shape index (κ2) is 4.63. The number of fused-ring (bicyclic) bond motifs is 2. The summed E-state index contributed by atoms with van der Waals surface area (Å²) < 4.78 is 2.07. The van der Waals surface area contributed by atoms with Gasteiger partial charge in [0, 0.05) is 12.7 Å². The Balaban J connectivity index is 1.77. The van der Waals surface area contributed by atoms with E-state index >= 15 is 0 Å². The van der Waals surface area contributed by atoms with Gasteiger partial charge in [-0.3, -0.25) is 0 Å². The zero-order chi connectivity index (χ0) is 14.2. The number of hydrogen-bond donors (Lipinski definition) is 1. The monoisotopic (exact) mass is 273 g/mol. The van der Waals surface area contributed by atoms with Crippen LogP contribution in [-0.2, 0) is 7.05 Å². The largest absolute Gasteiger partial charge is 0.326 e. The Hall–Kier alpha value is -2.81. The number of hydrogen-bond acceptors (Lipinski definition) is 2. The Morgan fingerprint density at radius 1 is 0.857 bits per heavy atom. The summed E-state index contributed by atoms with van der Waals surface area (Å²) in [6.07, 6.45) is 0. The fraction of sp³-hybridized carbons (Fsp3) is 0.0556. The highest BCUT2D eigenvalue weighted by Crippen LogP contribution is 2.24. The summed E-state index contributed by atoms with van der Waals surface area (Å²) >= 11 is 0. The number of aryl methyl sites for hydroxylation is 1. The van der Waals surface area contributed by atoms with Crippen molar-refractivity contribution < 1.29 is 0 Å². The fourth-order valence-electron chi connectivity index (χ4n) is 2.65. The van der Waals surface area contributed by atoms with Gasteiger partial charge in [0.15, 0.2) is 0 Å². The molecule has 0 unspecified atom stereocenters. The summed E-state index contributed by atoms with van der Waals surface area (Å²) in [6, 6.07) is 22.9. The highest BCUT2D eigenvalue weighted by molar-refractivity contribution is 5.87. The zero-order valence-corrected chi connectivity index (χ0v) is 11.7. The van der Waals surface area contributed by atoms with E-state index in [1.807, 2.05) is 25.2 Å². The van der Waals surface area contributed by atoms with Gasteiger partial charge in [-0.15, -0.1) is 0 Å². The molecule has 0 aliphatic rings. The molecule has 4 rings (SSSR count). The summed E-state index contributed by atoms with van der Waals surface area (Å²) in [7, 11) is 2.03. The maximum atomic E-state index is 4.64. The number of imidazole rings is 1. The van der Waals surface area contributed by atoms with Crippen molar-refractivity contribution in [2.45, 2.75) is 0 Å². The highest BCUT2D eigenvalue weighted by Gasteiger charge is 2.07. The van der Waals surface area contributed by atoms with Gasteiger partial charge >= 0.3 is 0 Å². The second-order valence-electron chi connectivity index (χ2n) is 5.17. The smallest absolute Gasteiger partial charge is 0.208 e. The number of rotatable bonds is 2. The van der Waals surface area contributed by atoms with Crippen LogP contribution in [0.1, 0.15) is 0 Å². The molecule has 0 fully saturated rings. The standard InChI is InChI=1S/C18H15N3/c1-21-17-9-5-4-8-16(17)20-18(21)19-15-11-10-13-6-2-3-7-14(13)12-15/h2-12H,1H3,(H,19,20). The fourth-order valence-corrected chi connectivity index (χ4v) is 2.65. The van der Waals surface area contributed by atoms with E-state index in [2.05, 4.69) is 63.4 Å². The summed E-state index contributed by atoms with van der Waals surface area (Å²) in [5, 5.41) is 5.87. The SMILES string of the molecule is Cn1c(Nc2ccc3ccccc3c2)nc2ccccc21. The molecule has 3 heteroatoms. The minimum absolute atomic E-state index is 0.853. The summed E-state index contributed by atoms with van der Waals surface area (Å²) in [6.45, 7) is 0. The van der Waals surface area contributed by atoms with E-state index in [1.165, 1.54) is 10.8 Å². The van der Waals surface area contributed by atoms with Crippen molar-refractivity contribution >= 4 is 33.4 Å². The maximum Gasteiger partial charge on any atom is 0.208 e. The van der Waals surface area contributed by atoms with Gasteiger partial charge < -0.3 is 9.88 Å². The molecular formula is C18H15N3. The highest BCUT2D eigenvalue weighted by atomic mass is 15.2. The molecule has 102 valence electrons. The normalized spacial score (nSPS) is 11.1. The first kappa shape index (κ1) is 12.0. The predicted molar refractivity (Wildman–Crippen MR) is 87.9 cm³/mol. The van der Waals surface area contributed by atoms with E-state index in [9.17, 15) is 0 Å². The lowest BCUT2D eigenvalue weighted by atomic mass is 10.1. The molecule has 0 saturated heterocycles. The van der Waals surface area contributed by atoms with Crippen LogP contribution in [0.3, 0.4) is 0 Å². The number of benzene rings is 3. The van der Waals surface area contributed by atoms with Crippen LogP contribution >= 0.6 is 0 Å². The van der Waals surface area contributed by atoms with Crippen molar-refractivity contribution in [3.8, 4) is 0 Å². The minimum Gasteiger partial charge on any atom is -0.326 e. The van der Waals surface area contributed by atoms with Gasteiger partial charge in [-0.25, -0.2) is 4.98 Å². The van der Waals surface area contributed by atoms with Crippen LogP contribution in [0.15, 0.2) is 66.7 Å². The lowest BCUT2D eigenvalue weighted by molar-refractivity contribution is 0.958. The average molecular weight is 273 g/mol. The molecule has 1 aromatic heterocycles. The quantitative estimate of drug-likeness (QED) is 0.584. The van der Waals surface area contributed by atoms with E-state index in [0.29, 0.717) is 0 Å². The molecule has 3 nitrogen and oxygen atoms in total. The van der Waals surface area contributed by atoms with Crippen molar-refractivity contribution in [3.63, 3.8) is 0 Å². The molecule has 1 heterocycles. The number of nitrogens with zero attached hydrogens (tertiary/aromatic N) is 2. The predicted octanol–water partition coefficient (Wildman–Crippen LogP) is 4.47. The Morgan fingerprint density at radius 2 is 1.62 bits per heavy atom. The van der Waals surface area contributed by atoms with Crippen molar-refractivity contribution in [1.82, 2.24) is 9.55 Å². The van der Waals surface area contributed by atoms with E-state index in [1.54, 1.807) is 0 Å². The third-order valence-corrected chi connectivity index (χ3v) is 3.79.